The van der Waals surface area contributed by atoms with Crippen molar-refractivity contribution in [2.24, 2.45) is 0 Å². The molecule has 0 fully saturated rings. The van der Waals surface area contributed by atoms with E-state index in [9.17, 15) is 9.90 Å². The molecule has 312 valence electrons. The molecule has 0 saturated heterocycles. The second-order valence-corrected chi connectivity index (χ2v) is 15.2. The minimum atomic E-state index is -1.18. The summed E-state index contributed by atoms with van der Waals surface area (Å²) in [6.07, 6.45) is 48.8. The van der Waals surface area contributed by atoms with Gasteiger partial charge in [-0.3, -0.25) is 0 Å². The number of hydrogen-bond donors (Lipinski definition) is 1. The number of carbonyl (C=O) groups is 1. The van der Waals surface area contributed by atoms with Gasteiger partial charge >= 0.3 is 5.97 Å². The third-order valence-corrected chi connectivity index (χ3v) is 10.2. The van der Waals surface area contributed by atoms with E-state index in [2.05, 4.69) is 84.2 Å². The number of para-hydroxylation sites is 1. The molecule has 0 spiro atoms. The molecule has 2 heterocycles. The largest absolute Gasteiger partial charge is 1.00 e. The van der Waals surface area contributed by atoms with Crippen molar-refractivity contribution in [3.8, 4) is 5.75 Å². The van der Waals surface area contributed by atoms with E-state index in [0.717, 1.165) is 0 Å². The van der Waals surface area contributed by atoms with Crippen LogP contribution in [0.2, 0.25) is 0 Å². The molecule has 5 nitrogen and oxygen atoms in total. The number of carboxylic acid groups (broad SMARTS) is 1. The number of aryl methyl sites for hydroxylation is 2. The van der Waals surface area contributed by atoms with Gasteiger partial charge in [-0.2, -0.15) is 0 Å². The van der Waals surface area contributed by atoms with Gasteiger partial charge in [0.2, 0.25) is 0 Å². The molecule has 0 aliphatic heterocycles. The molecule has 1 N–H and O–H groups in total. The zero-order valence-electron chi connectivity index (χ0n) is 35.3. The fourth-order valence-electron chi connectivity index (χ4n) is 6.79. The summed E-state index contributed by atoms with van der Waals surface area (Å²) in [6.45, 7) is 6.94. The third-order valence-electron chi connectivity index (χ3n) is 10.2. The van der Waals surface area contributed by atoms with Crippen LogP contribution in [0.1, 0.15) is 204 Å². The zero-order chi connectivity index (χ0) is 39.0. The molecule has 6 heteroatoms. The molecule has 2 aromatic heterocycles. The van der Waals surface area contributed by atoms with E-state index in [-0.39, 0.29) is 18.0 Å². The number of pyridine rings is 2. The van der Waals surface area contributed by atoms with Gasteiger partial charge < -0.3 is 22.6 Å². The van der Waals surface area contributed by atoms with Crippen molar-refractivity contribution in [1.82, 2.24) is 0 Å². The number of unbranched alkanes of at least 4 members (excludes halogenated alkanes) is 26. The SMILES string of the molecule is CCCCCCCCCCCCCCCC[n+]1ccccc1.CCCCCCCCCCCCCCCC[n+]1ccccc1.O=C(O)c1ccccc1[O-].[Cl-]. The van der Waals surface area contributed by atoms with Crippen molar-refractivity contribution >= 4 is 5.97 Å². The Hall–Kier alpha value is -2.92. The predicted molar refractivity (Wildman–Crippen MR) is 227 cm³/mol. The summed E-state index contributed by atoms with van der Waals surface area (Å²) in [6, 6.07) is 18.2. The lowest BCUT2D eigenvalue weighted by atomic mass is 10.0. The van der Waals surface area contributed by atoms with E-state index in [4.69, 9.17) is 5.11 Å². The molecule has 0 saturated carbocycles. The molecule has 1 aromatic carbocycles. The second-order valence-electron chi connectivity index (χ2n) is 15.2. The van der Waals surface area contributed by atoms with Crippen molar-refractivity contribution < 1.29 is 36.5 Å². The van der Waals surface area contributed by atoms with Gasteiger partial charge in [-0.15, -0.1) is 0 Å². The van der Waals surface area contributed by atoms with Crippen LogP contribution in [-0.2, 0) is 13.1 Å². The summed E-state index contributed by atoms with van der Waals surface area (Å²) >= 11 is 0. The topological polar surface area (TPSA) is 68.1 Å². The quantitative estimate of drug-likeness (QED) is 0.0522. The molecule has 0 amide bonds. The fourth-order valence-corrected chi connectivity index (χ4v) is 6.79. The summed E-state index contributed by atoms with van der Waals surface area (Å²) in [5, 5.41) is 19.0. The molecule has 3 aromatic rings. The summed E-state index contributed by atoms with van der Waals surface area (Å²) < 4.78 is 4.58. The van der Waals surface area contributed by atoms with Gasteiger partial charge in [0.25, 0.3) is 0 Å². The van der Waals surface area contributed by atoms with E-state index in [1.54, 1.807) is 0 Å². The van der Waals surface area contributed by atoms with Crippen molar-refractivity contribution in [3.05, 3.63) is 91.0 Å². The van der Waals surface area contributed by atoms with Gasteiger partial charge in [0.1, 0.15) is 13.1 Å². The molecule has 3 rings (SSSR count). The molecule has 0 atom stereocenters. The lowest BCUT2D eigenvalue weighted by Gasteiger charge is -2.07. The maximum Gasteiger partial charge on any atom is 0.335 e. The Morgan fingerprint density at radius 2 is 0.709 bits per heavy atom. The number of aromatic nitrogens is 2. The number of nitrogens with zero attached hydrogens (tertiary/aromatic N) is 2. The lowest BCUT2D eigenvalue weighted by Crippen LogP contribution is -3.00. The van der Waals surface area contributed by atoms with Crippen molar-refractivity contribution in [2.45, 2.75) is 207 Å². The van der Waals surface area contributed by atoms with Crippen molar-refractivity contribution in [3.63, 3.8) is 0 Å². The molecular formula is C49H81ClN2O3. The summed E-state index contributed by atoms with van der Waals surface area (Å²) in [7, 11) is 0. The van der Waals surface area contributed by atoms with E-state index >= 15 is 0 Å². The average molecular weight is 782 g/mol. The first-order chi connectivity index (χ1) is 26.6. The smallest absolute Gasteiger partial charge is 0.335 e. The Morgan fingerprint density at radius 1 is 0.436 bits per heavy atom. The third kappa shape index (κ3) is 34.1. The lowest BCUT2D eigenvalue weighted by molar-refractivity contribution is -0.697. The van der Waals surface area contributed by atoms with E-state index < -0.39 is 11.7 Å². The first-order valence-corrected chi connectivity index (χ1v) is 22.5. The Kier molecular flexibility index (Phi) is 38.6. The highest BCUT2D eigenvalue weighted by atomic mass is 35.5. The van der Waals surface area contributed by atoms with Crippen molar-refractivity contribution in [2.75, 3.05) is 0 Å². The van der Waals surface area contributed by atoms with Crippen molar-refractivity contribution in [1.29, 1.82) is 0 Å². The summed E-state index contributed by atoms with van der Waals surface area (Å²) in [5.74, 6) is -1.62. The van der Waals surface area contributed by atoms with Gasteiger partial charge in [0.05, 0.1) is 5.56 Å². The van der Waals surface area contributed by atoms with Crippen LogP contribution < -0.4 is 26.6 Å². The monoisotopic (exact) mass is 781 g/mol. The van der Waals surface area contributed by atoms with Gasteiger partial charge in [0, 0.05) is 37.1 Å². The molecule has 0 unspecified atom stereocenters. The van der Waals surface area contributed by atoms with Crippen LogP contribution in [0.4, 0.5) is 0 Å². The molecule has 0 aliphatic rings. The first-order valence-electron chi connectivity index (χ1n) is 22.5. The first kappa shape index (κ1) is 52.1. The maximum atomic E-state index is 10.7. The van der Waals surface area contributed by atoms with Crippen LogP contribution in [0.5, 0.6) is 5.75 Å². The standard InChI is InChI=1S/2C21H38N.C7H6O3.ClH/c2*1-2-3-4-5-6-7-8-9-10-11-12-13-14-16-19-22-20-17-15-18-21-22;8-6-4-2-1-3-5(6)7(9)10;/h2*15,17-18,20-21H,2-14,16,19H2,1H3;1-4,8H,(H,9,10);1H/q2*+1;;/p-2. The minimum absolute atomic E-state index is 0. The normalized spacial score (nSPS) is 10.4. The highest BCUT2D eigenvalue weighted by Crippen LogP contribution is 2.15. The number of carboxylic acids is 1. The highest BCUT2D eigenvalue weighted by Gasteiger charge is 2.01. The fraction of sp³-hybridized carbons (Fsp3) is 0.653. The van der Waals surface area contributed by atoms with Crippen LogP contribution in [0.15, 0.2) is 85.5 Å². The van der Waals surface area contributed by atoms with Crippen LogP contribution in [0, 0.1) is 0 Å². The Labute approximate surface area is 344 Å². The van der Waals surface area contributed by atoms with Crippen LogP contribution in [0.25, 0.3) is 0 Å². The van der Waals surface area contributed by atoms with E-state index in [0.29, 0.717) is 0 Å². The maximum absolute atomic E-state index is 10.7. The number of hydrogen-bond acceptors (Lipinski definition) is 2. The Morgan fingerprint density at radius 3 is 0.964 bits per heavy atom. The number of rotatable bonds is 31. The predicted octanol–water partition coefficient (Wildman–Crippen LogP) is 10.4. The summed E-state index contributed by atoms with van der Waals surface area (Å²) in [4.78, 5) is 10.2. The van der Waals surface area contributed by atoms with E-state index in [1.807, 2.05) is 0 Å². The van der Waals surface area contributed by atoms with Crippen LogP contribution in [-0.4, -0.2) is 11.1 Å². The molecule has 0 radical (unpaired) electrons. The Balaban J connectivity index is 0.000000840. The van der Waals surface area contributed by atoms with Gasteiger partial charge in [0.15, 0.2) is 24.8 Å². The zero-order valence-corrected chi connectivity index (χ0v) is 36.1. The van der Waals surface area contributed by atoms with E-state index in [1.165, 1.54) is 217 Å². The number of halogens is 1. The van der Waals surface area contributed by atoms with Gasteiger partial charge in [-0.05, 0) is 18.9 Å². The second kappa shape index (κ2) is 40.7. The molecule has 0 aliphatic carbocycles. The molecule has 0 bridgehead atoms. The molecule has 55 heavy (non-hydrogen) atoms. The minimum Gasteiger partial charge on any atom is -1.00 e. The van der Waals surface area contributed by atoms with Gasteiger partial charge in [-0.1, -0.05) is 204 Å². The molecular weight excluding hydrogens is 700 g/mol. The number of aromatic carboxylic acids is 1. The average Bonchev–Trinajstić information content (AvgIpc) is 3.19. The van der Waals surface area contributed by atoms with Crippen LogP contribution >= 0.6 is 0 Å². The van der Waals surface area contributed by atoms with Gasteiger partial charge in [-0.25, -0.2) is 13.9 Å². The highest BCUT2D eigenvalue weighted by molar-refractivity contribution is 5.90. The Bertz CT molecular complexity index is 1140. The number of benzene rings is 1. The van der Waals surface area contributed by atoms with Crippen LogP contribution in [0.3, 0.4) is 0 Å². The summed E-state index contributed by atoms with van der Waals surface area (Å²) in [5.41, 5.74) is -0.178.